The lowest BCUT2D eigenvalue weighted by Gasteiger charge is -2.19. The molecule has 0 spiro atoms. The van der Waals surface area contributed by atoms with E-state index in [0.717, 1.165) is 19.3 Å². The van der Waals surface area contributed by atoms with Gasteiger partial charge in [0.05, 0.1) is 25.2 Å². The number of carbonyl (C=O) groups excluding carboxylic acids is 1. The van der Waals surface area contributed by atoms with E-state index in [9.17, 15) is 4.79 Å². The summed E-state index contributed by atoms with van der Waals surface area (Å²) in [5, 5.41) is 0. The second-order valence-corrected chi connectivity index (χ2v) is 4.40. The Kier molecular flexibility index (Phi) is 4.54. The van der Waals surface area contributed by atoms with E-state index in [1.165, 1.54) is 7.11 Å². The monoisotopic (exact) mass is 215 g/mol. The van der Waals surface area contributed by atoms with Gasteiger partial charge in [-0.15, -0.1) is 0 Å². The van der Waals surface area contributed by atoms with Crippen LogP contribution in [0.1, 0.15) is 33.1 Å². The van der Waals surface area contributed by atoms with Crippen LogP contribution in [0.3, 0.4) is 0 Å². The fourth-order valence-corrected chi connectivity index (χ4v) is 2.03. The van der Waals surface area contributed by atoms with Crippen molar-refractivity contribution in [1.82, 2.24) is 0 Å². The Labute approximate surface area is 91.1 Å². The summed E-state index contributed by atoms with van der Waals surface area (Å²) in [4.78, 5) is 11.3. The number of methoxy groups -OCH3 is 1. The second kappa shape index (κ2) is 5.47. The summed E-state index contributed by atoms with van der Waals surface area (Å²) in [5.41, 5.74) is 5.71. The van der Waals surface area contributed by atoms with Crippen LogP contribution in [0.25, 0.3) is 0 Å². The summed E-state index contributed by atoms with van der Waals surface area (Å²) >= 11 is 0. The second-order valence-electron chi connectivity index (χ2n) is 4.40. The molecule has 0 aromatic heterocycles. The van der Waals surface area contributed by atoms with Crippen LogP contribution < -0.4 is 5.73 Å². The summed E-state index contributed by atoms with van der Waals surface area (Å²) in [5.74, 6) is -0.366. The van der Waals surface area contributed by atoms with Crippen molar-refractivity contribution < 1.29 is 14.3 Å². The van der Waals surface area contributed by atoms with Gasteiger partial charge < -0.3 is 15.2 Å². The lowest BCUT2D eigenvalue weighted by Crippen LogP contribution is -2.28. The highest BCUT2D eigenvalue weighted by Gasteiger charge is 2.33. The zero-order valence-electron chi connectivity index (χ0n) is 9.73. The van der Waals surface area contributed by atoms with Crippen LogP contribution in [-0.2, 0) is 14.3 Å². The van der Waals surface area contributed by atoms with Crippen molar-refractivity contribution in [3.05, 3.63) is 0 Å². The third-order valence-electron chi connectivity index (χ3n) is 2.91. The largest absolute Gasteiger partial charge is 0.469 e. The normalized spacial score (nSPS) is 29.9. The molecule has 0 amide bonds. The van der Waals surface area contributed by atoms with E-state index in [0.29, 0.717) is 0 Å². The molecule has 1 aliphatic rings. The van der Waals surface area contributed by atoms with E-state index in [-0.39, 0.29) is 30.1 Å². The number of carbonyl (C=O) groups is 1. The smallest absolute Gasteiger partial charge is 0.311 e. The van der Waals surface area contributed by atoms with Crippen LogP contribution in [-0.4, -0.2) is 31.3 Å². The fraction of sp³-hybridized carbons (Fsp3) is 0.909. The molecule has 0 unspecified atom stereocenters. The van der Waals surface area contributed by atoms with Crippen molar-refractivity contribution in [2.24, 2.45) is 11.7 Å². The maximum atomic E-state index is 11.3. The molecule has 4 atom stereocenters. The Morgan fingerprint density at radius 2 is 2.20 bits per heavy atom. The van der Waals surface area contributed by atoms with Crippen LogP contribution in [0.4, 0.5) is 0 Å². The number of hydrogen-bond donors (Lipinski definition) is 1. The molecule has 0 aliphatic carbocycles. The highest BCUT2D eigenvalue weighted by atomic mass is 16.5. The minimum Gasteiger partial charge on any atom is -0.469 e. The van der Waals surface area contributed by atoms with Gasteiger partial charge in [-0.1, -0.05) is 0 Å². The van der Waals surface area contributed by atoms with Gasteiger partial charge in [-0.05, 0) is 33.1 Å². The summed E-state index contributed by atoms with van der Waals surface area (Å²) in [7, 11) is 1.41. The van der Waals surface area contributed by atoms with E-state index in [4.69, 9.17) is 15.2 Å². The third kappa shape index (κ3) is 3.47. The Balaban J connectivity index is 2.38. The first-order valence-corrected chi connectivity index (χ1v) is 5.53. The zero-order chi connectivity index (χ0) is 11.4. The average molecular weight is 215 g/mol. The molecule has 4 nitrogen and oxygen atoms in total. The Bertz CT molecular complexity index is 218. The number of nitrogens with two attached hydrogens (primary N) is 1. The molecule has 0 radical (unpaired) electrons. The number of esters is 1. The lowest BCUT2D eigenvalue weighted by molar-refractivity contribution is -0.149. The molecule has 1 saturated heterocycles. The van der Waals surface area contributed by atoms with Crippen molar-refractivity contribution in [3.63, 3.8) is 0 Å². The minimum absolute atomic E-state index is 0.00111. The molecule has 1 aliphatic heterocycles. The van der Waals surface area contributed by atoms with Crippen molar-refractivity contribution in [3.8, 4) is 0 Å². The third-order valence-corrected chi connectivity index (χ3v) is 2.91. The molecular formula is C11H21NO3. The molecule has 15 heavy (non-hydrogen) atoms. The lowest BCUT2D eigenvalue weighted by atomic mass is 10.0. The maximum Gasteiger partial charge on any atom is 0.311 e. The quantitative estimate of drug-likeness (QED) is 0.713. The molecule has 1 rings (SSSR count). The van der Waals surface area contributed by atoms with Gasteiger partial charge in [0, 0.05) is 6.04 Å². The van der Waals surface area contributed by atoms with Crippen LogP contribution in [0.5, 0.6) is 0 Å². The van der Waals surface area contributed by atoms with Gasteiger partial charge in [-0.25, -0.2) is 0 Å². The summed E-state index contributed by atoms with van der Waals surface area (Å²) < 4.78 is 10.5. The van der Waals surface area contributed by atoms with Crippen molar-refractivity contribution in [1.29, 1.82) is 0 Å². The van der Waals surface area contributed by atoms with Gasteiger partial charge in [0.25, 0.3) is 0 Å². The zero-order valence-corrected chi connectivity index (χ0v) is 9.73. The molecule has 0 aromatic rings. The molecule has 0 saturated carbocycles. The molecule has 88 valence electrons. The summed E-state index contributed by atoms with van der Waals surface area (Å²) in [6, 6.07) is 0.155. The van der Waals surface area contributed by atoms with Crippen LogP contribution in [0.15, 0.2) is 0 Å². The maximum absolute atomic E-state index is 11.3. The number of ether oxygens (including phenoxy) is 2. The van der Waals surface area contributed by atoms with E-state index >= 15 is 0 Å². The van der Waals surface area contributed by atoms with Crippen molar-refractivity contribution >= 4 is 5.97 Å². The standard InChI is InChI=1S/C11H21NO3/c1-7(12)6-9-4-5-10(15-9)8(2)11(13)14-3/h7-10H,4-6,12H2,1-3H3/t7-,8-,9+,10-/m0/s1. The minimum atomic E-state index is -0.193. The van der Waals surface area contributed by atoms with Gasteiger partial charge in [-0.3, -0.25) is 4.79 Å². The summed E-state index contributed by atoms with van der Waals surface area (Å²) in [6.45, 7) is 3.82. The fourth-order valence-electron chi connectivity index (χ4n) is 2.03. The highest BCUT2D eigenvalue weighted by molar-refractivity contribution is 5.72. The van der Waals surface area contributed by atoms with E-state index < -0.39 is 0 Å². The predicted octanol–water partition coefficient (Wildman–Crippen LogP) is 1.08. The number of rotatable bonds is 4. The predicted molar refractivity (Wildman–Crippen MR) is 57.3 cm³/mol. The average Bonchev–Trinajstić information content (AvgIpc) is 2.63. The molecule has 0 aromatic carbocycles. The van der Waals surface area contributed by atoms with E-state index in [1.54, 1.807) is 0 Å². The molecule has 0 bridgehead atoms. The van der Waals surface area contributed by atoms with E-state index in [1.807, 2.05) is 13.8 Å². The first-order valence-electron chi connectivity index (χ1n) is 5.53. The van der Waals surface area contributed by atoms with Crippen LogP contribution in [0, 0.1) is 5.92 Å². The Morgan fingerprint density at radius 3 is 2.73 bits per heavy atom. The highest BCUT2D eigenvalue weighted by Crippen LogP contribution is 2.28. The van der Waals surface area contributed by atoms with Crippen LogP contribution >= 0.6 is 0 Å². The van der Waals surface area contributed by atoms with Gasteiger partial charge in [0.1, 0.15) is 0 Å². The van der Waals surface area contributed by atoms with Crippen molar-refractivity contribution in [2.45, 2.75) is 51.4 Å². The molecular weight excluding hydrogens is 194 g/mol. The first-order chi connectivity index (χ1) is 7.04. The van der Waals surface area contributed by atoms with Crippen molar-refractivity contribution in [2.75, 3.05) is 7.11 Å². The molecule has 1 heterocycles. The molecule has 2 N–H and O–H groups in total. The SMILES string of the molecule is COC(=O)[C@@H](C)[C@@H]1CC[C@H](C[C@H](C)N)O1. The van der Waals surface area contributed by atoms with Gasteiger partial charge >= 0.3 is 5.97 Å². The summed E-state index contributed by atoms with van der Waals surface area (Å²) in [6.07, 6.45) is 2.99. The van der Waals surface area contributed by atoms with E-state index in [2.05, 4.69) is 0 Å². The topological polar surface area (TPSA) is 61.5 Å². The molecule has 4 heteroatoms. The van der Waals surface area contributed by atoms with Crippen LogP contribution in [0.2, 0.25) is 0 Å². The van der Waals surface area contributed by atoms with Gasteiger partial charge in [-0.2, -0.15) is 0 Å². The van der Waals surface area contributed by atoms with Gasteiger partial charge in [0.15, 0.2) is 0 Å². The molecule has 1 fully saturated rings. The Hall–Kier alpha value is -0.610. The first kappa shape index (κ1) is 12.5. The Morgan fingerprint density at radius 1 is 1.53 bits per heavy atom. The van der Waals surface area contributed by atoms with Gasteiger partial charge in [0.2, 0.25) is 0 Å². The number of hydrogen-bond acceptors (Lipinski definition) is 4.